The van der Waals surface area contributed by atoms with E-state index in [1.165, 1.54) is 63.4 Å². The number of hydrogen-bond donors (Lipinski definition) is 0. The van der Waals surface area contributed by atoms with E-state index in [-0.39, 0.29) is 0 Å². The van der Waals surface area contributed by atoms with Gasteiger partial charge >= 0.3 is 0 Å². The number of ether oxygens (including phenoxy) is 1. The van der Waals surface area contributed by atoms with Crippen LogP contribution >= 0.6 is 0 Å². The lowest BCUT2D eigenvalue weighted by Gasteiger charge is -2.37. The number of benzene rings is 1. The van der Waals surface area contributed by atoms with Gasteiger partial charge in [0.15, 0.2) is 0 Å². The fourth-order valence-electron chi connectivity index (χ4n) is 4.81. The molecule has 1 nitrogen and oxygen atoms in total. The van der Waals surface area contributed by atoms with Crippen molar-refractivity contribution < 1.29 is 4.74 Å². The fraction of sp³-hybridized carbons (Fsp3) is 0.652. The molecule has 0 heterocycles. The van der Waals surface area contributed by atoms with Crippen LogP contribution in [0.5, 0.6) is 5.75 Å². The minimum Gasteiger partial charge on any atom is -0.493 e. The van der Waals surface area contributed by atoms with E-state index in [2.05, 4.69) is 43.8 Å². The molecule has 2 aliphatic carbocycles. The first-order chi connectivity index (χ1) is 11.7. The van der Waals surface area contributed by atoms with Crippen LogP contribution in [-0.2, 0) is 0 Å². The minimum absolute atomic E-state index is 0.764. The molecule has 0 unspecified atom stereocenters. The highest BCUT2D eigenvalue weighted by atomic mass is 16.5. The van der Waals surface area contributed by atoms with Crippen LogP contribution in [0.1, 0.15) is 63.4 Å². The molecule has 0 radical (unpaired) electrons. The van der Waals surface area contributed by atoms with Gasteiger partial charge in [-0.1, -0.05) is 23.8 Å². The first-order valence-corrected chi connectivity index (χ1v) is 10.0. The van der Waals surface area contributed by atoms with Crippen molar-refractivity contribution >= 4 is 0 Å². The second-order valence-corrected chi connectivity index (χ2v) is 8.21. The number of allylic oxidation sites excluding steroid dienone is 1. The van der Waals surface area contributed by atoms with E-state index < -0.39 is 0 Å². The molecule has 1 aromatic carbocycles. The Bertz CT molecular complexity index is 487. The van der Waals surface area contributed by atoms with E-state index in [4.69, 9.17) is 4.74 Å². The summed E-state index contributed by atoms with van der Waals surface area (Å²) in [4.78, 5) is 0. The smallest absolute Gasteiger partial charge is 0.119 e. The second-order valence-electron chi connectivity index (χ2n) is 8.21. The van der Waals surface area contributed by atoms with Crippen molar-refractivity contribution in [2.75, 3.05) is 6.61 Å². The first-order valence-electron chi connectivity index (χ1n) is 10.0. The van der Waals surface area contributed by atoms with Gasteiger partial charge in [0, 0.05) is 0 Å². The van der Waals surface area contributed by atoms with Gasteiger partial charge in [0.2, 0.25) is 0 Å². The average molecular weight is 327 g/mol. The van der Waals surface area contributed by atoms with E-state index in [9.17, 15) is 0 Å². The highest BCUT2D eigenvalue weighted by molar-refractivity contribution is 5.26. The maximum absolute atomic E-state index is 6.01. The lowest BCUT2D eigenvalue weighted by molar-refractivity contribution is 0.124. The van der Waals surface area contributed by atoms with E-state index in [0.717, 1.165) is 36.0 Å². The van der Waals surface area contributed by atoms with Crippen LogP contribution in [0.4, 0.5) is 0 Å². The average Bonchev–Trinajstić information content (AvgIpc) is 2.63. The second kappa shape index (κ2) is 8.74. The minimum atomic E-state index is 0.764. The third kappa shape index (κ3) is 4.88. The normalized spacial score (nSPS) is 30.7. The van der Waals surface area contributed by atoms with Gasteiger partial charge in [-0.2, -0.15) is 0 Å². The molecule has 3 rings (SSSR count). The molecule has 0 atom stereocenters. The van der Waals surface area contributed by atoms with Gasteiger partial charge < -0.3 is 4.74 Å². The Balaban J connectivity index is 1.37. The molecule has 0 saturated heterocycles. The Hall–Kier alpha value is -1.24. The largest absolute Gasteiger partial charge is 0.493 e. The Morgan fingerprint density at radius 2 is 1.42 bits per heavy atom. The molecule has 132 valence electrons. The lowest BCUT2D eigenvalue weighted by atomic mass is 9.69. The summed E-state index contributed by atoms with van der Waals surface area (Å²) in [7, 11) is 0. The molecule has 2 fully saturated rings. The van der Waals surface area contributed by atoms with Crippen molar-refractivity contribution in [3.63, 3.8) is 0 Å². The van der Waals surface area contributed by atoms with Gasteiger partial charge in [-0.25, -0.2) is 0 Å². The van der Waals surface area contributed by atoms with Crippen LogP contribution in [0.15, 0.2) is 36.9 Å². The van der Waals surface area contributed by atoms with Gasteiger partial charge in [0.1, 0.15) is 5.75 Å². The molecular weight excluding hydrogens is 292 g/mol. The predicted molar refractivity (Wildman–Crippen MR) is 102 cm³/mol. The van der Waals surface area contributed by atoms with E-state index in [1.54, 1.807) is 0 Å². The number of rotatable bonds is 6. The van der Waals surface area contributed by atoms with Crippen molar-refractivity contribution in [2.24, 2.45) is 23.7 Å². The highest BCUT2D eigenvalue weighted by Gasteiger charge is 2.30. The van der Waals surface area contributed by atoms with Crippen LogP contribution in [0.3, 0.4) is 0 Å². The zero-order valence-corrected chi connectivity index (χ0v) is 15.4. The lowest BCUT2D eigenvalue weighted by Crippen LogP contribution is -2.27. The third-order valence-electron chi connectivity index (χ3n) is 6.46. The topological polar surface area (TPSA) is 9.23 Å². The van der Waals surface area contributed by atoms with Gasteiger partial charge in [-0.3, -0.25) is 0 Å². The monoisotopic (exact) mass is 326 g/mol. The molecule has 0 spiro atoms. The van der Waals surface area contributed by atoms with Gasteiger partial charge in [-0.05, 0) is 101 Å². The van der Waals surface area contributed by atoms with E-state index >= 15 is 0 Å². The summed E-state index contributed by atoms with van der Waals surface area (Å²) in [5.74, 6) is 4.72. The van der Waals surface area contributed by atoms with E-state index in [1.807, 2.05) is 0 Å². The summed E-state index contributed by atoms with van der Waals surface area (Å²) in [6.07, 6.45) is 14.7. The Morgan fingerprint density at radius 3 is 1.96 bits per heavy atom. The van der Waals surface area contributed by atoms with Crippen LogP contribution < -0.4 is 4.74 Å². The molecule has 0 amide bonds. The molecule has 0 aliphatic heterocycles. The molecule has 1 heteroatoms. The highest BCUT2D eigenvalue weighted by Crippen LogP contribution is 2.42. The third-order valence-corrected chi connectivity index (χ3v) is 6.46. The summed E-state index contributed by atoms with van der Waals surface area (Å²) in [6.45, 7) is 6.93. The molecule has 1 aromatic rings. The molecule has 24 heavy (non-hydrogen) atoms. The summed E-state index contributed by atoms with van der Waals surface area (Å²) < 4.78 is 6.01. The zero-order chi connectivity index (χ0) is 16.8. The van der Waals surface area contributed by atoms with Crippen molar-refractivity contribution in [2.45, 2.75) is 64.7 Å². The summed E-state index contributed by atoms with van der Waals surface area (Å²) in [5, 5.41) is 0. The Labute approximate surface area is 148 Å². The van der Waals surface area contributed by atoms with Crippen molar-refractivity contribution in [1.82, 2.24) is 0 Å². The molecule has 0 N–H and O–H groups in total. The molecular formula is C23H34O. The zero-order valence-electron chi connectivity index (χ0n) is 15.4. The summed E-state index contributed by atoms with van der Waals surface area (Å²) in [5.41, 5.74) is 1.30. The quantitative estimate of drug-likeness (QED) is 0.538. The van der Waals surface area contributed by atoms with Gasteiger partial charge in [0.05, 0.1) is 6.61 Å². The molecule has 2 aliphatic rings. The fourth-order valence-corrected chi connectivity index (χ4v) is 4.81. The summed E-state index contributed by atoms with van der Waals surface area (Å²) >= 11 is 0. The number of hydrogen-bond acceptors (Lipinski definition) is 1. The first kappa shape index (κ1) is 17.6. The Kier molecular flexibility index (Phi) is 6.40. The molecule has 2 saturated carbocycles. The number of aryl methyl sites for hydroxylation is 1. The van der Waals surface area contributed by atoms with Gasteiger partial charge in [0.25, 0.3) is 0 Å². The van der Waals surface area contributed by atoms with Crippen LogP contribution in [0, 0.1) is 30.6 Å². The SMILES string of the molecule is C=CCC1CCC(C2CCC(COc3ccc(C)cc3)CC2)CC1. The summed E-state index contributed by atoms with van der Waals surface area (Å²) in [6, 6.07) is 8.47. The van der Waals surface area contributed by atoms with Crippen molar-refractivity contribution in [1.29, 1.82) is 0 Å². The van der Waals surface area contributed by atoms with Gasteiger partial charge in [-0.15, -0.1) is 6.58 Å². The predicted octanol–water partition coefficient (Wildman–Crippen LogP) is 6.56. The van der Waals surface area contributed by atoms with Crippen molar-refractivity contribution in [3.8, 4) is 5.75 Å². The standard InChI is InChI=1S/C23H34O/c1-3-4-19-7-11-21(12-8-19)22-13-9-20(10-14-22)17-24-23-15-5-18(2)6-16-23/h3,5-6,15-16,19-22H,1,4,7-14,17H2,2H3. The van der Waals surface area contributed by atoms with Crippen LogP contribution in [0.2, 0.25) is 0 Å². The van der Waals surface area contributed by atoms with Crippen LogP contribution in [-0.4, -0.2) is 6.61 Å². The Morgan fingerprint density at radius 1 is 0.875 bits per heavy atom. The maximum Gasteiger partial charge on any atom is 0.119 e. The molecule has 0 aromatic heterocycles. The molecule has 0 bridgehead atoms. The van der Waals surface area contributed by atoms with Crippen LogP contribution in [0.25, 0.3) is 0 Å². The van der Waals surface area contributed by atoms with Crippen molar-refractivity contribution in [3.05, 3.63) is 42.5 Å². The van der Waals surface area contributed by atoms with E-state index in [0.29, 0.717) is 0 Å². The maximum atomic E-state index is 6.01.